The third kappa shape index (κ3) is 2.87. The fraction of sp³-hybridized carbons (Fsp3) is 0.333. The number of hydrogen-bond acceptors (Lipinski definition) is 9. The lowest BCUT2D eigenvalue weighted by atomic mass is 10.1. The minimum atomic E-state index is -0.628. The molecule has 4 atom stereocenters. The molecule has 0 bridgehead atoms. The summed E-state index contributed by atoms with van der Waals surface area (Å²) in [6, 6.07) is 3.96. The second-order valence-corrected chi connectivity index (χ2v) is 8.35. The molecule has 6 heterocycles. The van der Waals surface area contributed by atoms with E-state index in [9.17, 15) is 5.11 Å². The van der Waals surface area contributed by atoms with Crippen LogP contribution in [0.3, 0.4) is 0 Å². The summed E-state index contributed by atoms with van der Waals surface area (Å²) in [6.07, 6.45) is 1.77. The summed E-state index contributed by atoms with van der Waals surface area (Å²) in [6.45, 7) is 0.566. The zero-order valence-corrected chi connectivity index (χ0v) is 16.4. The molecule has 2 fully saturated rings. The highest BCUT2D eigenvalue weighted by atomic mass is 35.5. The van der Waals surface area contributed by atoms with Crippen LogP contribution in [0.4, 0.5) is 0 Å². The fourth-order valence-electron chi connectivity index (χ4n) is 3.67. The molecule has 9 nitrogen and oxygen atoms in total. The molecule has 6 rings (SSSR count). The highest BCUT2D eigenvalue weighted by Crippen LogP contribution is 2.35. The number of aromatic nitrogens is 5. The van der Waals surface area contributed by atoms with Crippen molar-refractivity contribution in [2.24, 2.45) is 0 Å². The molecule has 0 amide bonds. The number of pyridine rings is 2. The summed E-state index contributed by atoms with van der Waals surface area (Å²) < 4.78 is 18.1. The Morgan fingerprint density at radius 1 is 1.21 bits per heavy atom. The van der Waals surface area contributed by atoms with Gasteiger partial charge in [-0.1, -0.05) is 11.6 Å². The van der Waals surface area contributed by atoms with Crippen LogP contribution in [0.5, 0.6) is 6.01 Å². The van der Waals surface area contributed by atoms with Gasteiger partial charge in [0.25, 0.3) is 6.01 Å². The van der Waals surface area contributed by atoms with E-state index in [1.807, 2.05) is 6.07 Å². The van der Waals surface area contributed by atoms with Crippen molar-refractivity contribution in [3.05, 3.63) is 29.5 Å². The number of ether oxygens (including phenoxy) is 3. The Kier molecular flexibility index (Phi) is 3.96. The van der Waals surface area contributed by atoms with Gasteiger partial charge in [0.2, 0.25) is 0 Å². The lowest BCUT2D eigenvalue weighted by molar-refractivity contribution is 0.00706. The molecule has 0 saturated carbocycles. The molecule has 2 unspecified atom stereocenters. The number of aromatic amines is 1. The van der Waals surface area contributed by atoms with Crippen molar-refractivity contribution in [2.75, 3.05) is 13.2 Å². The summed E-state index contributed by atoms with van der Waals surface area (Å²) in [5.74, 6) is 0. The summed E-state index contributed by atoms with van der Waals surface area (Å²) in [5, 5.41) is 11.0. The van der Waals surface area contributed by atoms with E-state index in [0.717, 1.165) is 10.2 Å². The highest BCUT2D eigenvalue weighted by molar-refractivity contribution is 7.21. The Morgan fingerprint density at radius 3 is 3.00 bits per heavy atom. The Morgan fingerprint density at radius 2 is 2.10 bits per heavy atom. The van der Waals surface area contributed by atoms with Gasteiger partial charge in [0.05, 0.1) is 34.6 Å². The number of hydrogen-bond donors (Lipinski definition) is 2. The molecular weight excluding hydrogens is 418 g/mol. The second kappa shape index (κ2) is 6.57. The number of H-pyrrole nitrogens is 1. The van der Waals surface area contributed by atoms with Gasteiger partial charge in [0, 0.05) is 6.20 Å². The van der Waals surface area contributed by atoms with Crippen molar-refractivity contribution in [1.29, 1.82) is 0 Å². The standard InChI is InChI=1S/C18H14ClN5O4S/c19-7-3-8-16(23-13(7)17-21-9-4-20-2-1-12(9)29-17)24-18(22-8)28-11-6-27-14-10(25)5-26-15(11)14/h1-4,10-11,14-15,25H,5-6H2,(H,22,23,24)/t10-,11-,14?,15?/m1/s1. The lowest BCUT2D eigenvalue weighted by Gasteiger charge is -2.15. The molecule has 2 aliphatic heterocycles. The number of rotatable bonds is 3. The van der Waals surface area contributed by atoms with Crippen LogP contribution >= 0.6 is 22.9 Å². The maximum Gasteiger partial charge on any atom is 0.296 e. The third-order valence-electron chi connectivity index (χ3n) is 5.04. The molecule has 0 aliphatic carbocycles. The van der Waals surface area contributed by atoms with E-state index >= 15 is 0 Å². The smallest absolute Gasteiger partial charge is 0.296 e. The molecule has 0 aromatic carbocycles. The quantitative estimate of drug-likeness (QED) is 0.507. The van der Waals surface area contributed by atoms with E-state index in [-0.39, 0.29) is 24.9 Å². The monoisotopic (exact) mass is 431 g/mol. The van der Waals surface area contributed by atoms with Crippen LogP contribution in [-0.4, -0.2) is 67.7 Å². The largest absolute Gasteiger partial charge is 0.456 e. The van der Waals surface area contributed by atoms with E-state index in [1.54, 1.807) is 18.5 Å². The summed E-state index contributed by atoms with van der Waals surface area (Å²) >= 11 is 7.96. The number of halogens is 1. The van der Waals surface area contributed by atoms with Crippen molar-refractivity contribution in [3.63, 3.8) is 0 Å². The van der Waals surface area contributed by atoms with Crippen molar-refractivity contribution in [2.45, 2.75) is 24.4 Å². The van der Waals surface area contributed by atoms with Gasteiger partial charge in [-0.2, -0.15) is 4.98 Å². The molecule has 0 radical (unpaired) electrons. The van der Waals surface area contributed by atoms with Crippen molar-refractivity contribution in [1.82, 2.24) is 24.9 Å². The van der Waals surface area contributed by atoms with Gasteiger partial charge in [-0.05, 0) is 12.1 Å². The van der Waals surface area contributed by atoms with Gasteiger partial charge in [-0.25, -0.2) is 9.97 Å². The van der Waals surface area contributed by atoms with Gasteiger partial charge in [-0.15, -0.1) is 11.3 Å². The van der Waals surface area contributed by atoms with Gasteiger partial charge in [0.1, 0.15) is 34.5 Å². The summed E-state index contributed by atoms with van der Waals surface area (Å²) in [4.78, 5) is 20.8. The number of nitrogens with one attached hydrogen (secondary N) is 1. The molecule has 2 aliphatic rings. The van der Waals surface area contributed by atoms with Gasteiger partial charge in [0.15, 0.2) is 11.8 Å². The van der Waals surface area contributed by atoms with E-state index in [4.69, 9.17) is 25.8 Å². The number of imidazole rings is 1. The molecule has 4 aromatic rings. The molecule has 4 aromatic heterocycles. The SMILES string of the molecule is O[C@@H]1COC2C1OC[C@H]2Oc1nc2nc(-c3nc4cnccc4s3)c(Cl)cc2[nH]1. The Labute approximate surface area is 172 Å². The van der Waals surface area contributed by atoms with Crippen LogP contribution in [0.15, 0.2) is 24.5 Å². The number of aliphatic hydroxyl groups excluding tert-OH is 1. The Hall–Kier alpha value is -2.37. The number of aliphatic hydroxyl groups is 1. The maximum absolute atomic E-state index is 9.86. The van der Waals surface area contributed by atoms with Gasteiger partial charge < -0.3 is 24.3 Å². The predicted octanol–water partition coefficient (Wildman–Crippen LogP) is 2.19. The van der Waals surface area contributed by atoms with Crippen molar-refractivity contribution >= 4 is 44.3 Å². The molecule has 0 spiro atoms. The van der Waals surface area contributed by atoms with Crippen LogP contribution in [-0.2, 0) is 9.47 Å². The average molecular weight is 432 g/mol. The van der Waals surface area contributed by atoms with Crippen molar-refractivity contribution < 1.29 is 19.3 Å². The van der Waals surface area contributed by atoms with E-state index in [1.165, 1.54) is 11.3 Å². The first-order chi connectivity index (χ1) is 14.2. The molecular formula is C18H14ClN5O4S. The Balaban J connectivity index is 1.32. The lowest BCUT2D eigenvalue weighted by Crippen LogP contribution is -2.34. The minimum absolute atomic E-state index is 0.244. The summed E-state index contributed by atoms with van der Waals surface area (Å²) in [5.41, 5.74) is 2.48. The third-order valence-corrected chi connectivity index (χ3v) is 6.37. The molecule has 148 valence electrons. The van der Waals surface area contributed by atoms with Gasteiger partial charge in [-0.3, -0.25) is 4.98 Å². The summed E-state index contributed by atoms with van der Waals surface area (Å²) in [7, 11) is 0. The second-order valence-electron chi connectivity index (χ2n) is 6.91. The molecule has 29 heavy (non-hydrogen) atoms. The maximum atomic E-state index is 9.86. The first-order valence-electron chi connectivity index (χ1n) is 9.01. The molecule has 11 heteroatoms. The van der Waals surface area contributed by atoms with Crippen LogP contribution in [0, 0.1) is 0 Å². The van der Waals surface area contributed by atoms with Crippen LogP contribution in [0.2, 0.25) is 5.02 Å². The minimum Gasteiger partial charge on any atom is -0.456 e. The average Bonchev–Trinajstić information content (AvgIpc) is 3.46. The van der Waals surface area contributed by atoms with E-state index < -0.39 is 6.10 Å². The van der Waals surface area contributed by atoms with Gasteiger partial charge >= 0.3 is 0 Å². The van der Waals surface area contributed by atoms with Crippen LogP contribution in [0.1, 0.15) is 0 Å². The first-order valence-corrected chi connectivity index (χ1v) is 10.2. The predicted molar refractivity (Wildman–Crippen MR) is 105 cm³/mol. The molecule has 2 saturated heterocycles. The van der Waals surface area contributed by atoms with E-state index in [2.05, 4.69) is 24.9 Å². The van der Waals surface area contributed by atoms with Crippen molar-refractivity contribution in [3.8, 4) is 16.7 Å². The topological polar surface area (TPSA) is 115 Å². The fourth-order valence-corrected chi connectivity index (χ4v) is 4.90. The highest BCUT2D eigenvalue weighted by Gasteiger charge is 2.48. The van der Waals surface area contributed by atoms with E-state index in [0.29, 0.717) is 39.5 Å². The first kappa shape index (κ1) is 17.5. The normalized spacial score (nSPS) is 26.4. The Bertz CT molecular complexity index is 1200. The molecule has 2 N–H and O–H groups in total. The number of nitrogens with zero attached hydrogens (tertiary/aromatic N) is 4. The number of thiazole rings is 1. The van der Waals surface area contributed by atoms with Crippen LogP contribution < -0.4 is 4.74 Å². The van der Waals surface area contributed by atoms with Crippen LogP contribution in [0.25, 0.3) is 32.1 Å². The zero-order valence-electron chi connectivity index (χ0n) is 14.8. The number of fused-ring (bicyclic) bond motifs is 3. The zero-order chi connectivity index (χ0) is 19.5.